The molecule has 0 saturated carbocycles. The van der Waals surface area contributed by atoms with Crippen LogP contribution < -0.4 is 15.4 Å². The highest BCUT2D eigenvalue weighted by Gasteiger charge is 2.09. The summed E-state index contributed by atoms with van der Waals surface area (Å²) in [5.41, 5.74) is 2.38. The van der Waals surface area contributed by atoms with Gasteiger partial charge in [0.2, 0.25) is 0 Å². The van der Waals surface area contributed by atoms with Gasteiger partial charge in [0, 0.05) is 22.5 Å². The summed E-state index contributed by atoms with van der Waals surface area (Å²) in [5.74, 6) is 0.258. The van der Waals surface area contributed by atoms with E-state index in [9.17, 15) is 9.59 Å². The van der Waals surface area contributed by atoms with Gasteiger partial charge in [-0.05, 0) is 60.7 Å². The number of benzene rings is 3. The standard InChI is InChI=1S/C21H18N2O3/c1-26-19-13-9-16(10-14-19)21(25)23-18-11-7-15(8-12-18)20(24)22-17-5-3-2-4-6-17/h2-14H,1H3,(H,22,24)(H,23,25). The lowest BCUT2D eigenvalue weighted by Crippen LogP contribution is -2.13. The second-order valence-electron chi connectivity index (χ2n) is 5.58. The molecule has 0 aromatic heterocycles. The molecular weight excluding hydrogens is 328 g/mol. The summed E-state index contributed by atoms with van der Waals surface area (Å²) in [4.78, 5) is 24.5. The quantitative estimate of drug-likeness (QED) is 0.727. The maximum Gasteiger partial charge on any atom is 0.255 e. The molecule has 0 saturated heterocycles. The fraction of sp³-hybridized carbons (Fsp3) is 0.0476. The van der Waals surface area contributed by atoms with Gasteiger partial charge in [0.25, 0.3) is 11.8 Å². The highest BCUT2D eigenvalue weighted by molar-refractivity contribution is 6.06. The molecule has 0 radical (unpaired) electrons. The Labute approximate surface area is 151 Å². The van der Waals surface area contributed by atoms with Gasteiger partial charge in [0.1, 0.15) is 5.75 Å². The van der Waals surface area contributed by atoms with E-state index >= 15 is 0 Å². The number of ether oxygens (including phenoxy) is 1. The summed E-state index contributed by atoms with van der Waals surface area (Å²) in [6, 6.07) is 22.8. The summed E-state index contributed by atoms with van der Waals surface area (Å²) in [5, 5.41) is 5.62. The van der Waals surface area contributed by atoms with Crippen molar-refractivity contribution < 1.29 is 14.3 Å². The van der Waals surface area contributed by atoms with Gasteiger partial charge >= 0.3 is 0 Å². The molecule has 0 spiro atoms. The Balaban J connectivity index is 1.63. The minimum atomic E-state index is -0.228. The van der Waals surface area contributed by atoms with Crippen molar-refractivity contribution >= 4 is 23.2 Å². The molecule has 0 heterocycles. The van der Waals surface area contributed by atoms with E-state index in [0.29, 0.717) is 22.6 Å². The normalized spacial score (nSPS) is 10.0. The Kier molecular flexibility index (Phi) is 5.29. The third-order valence-corrected chi connectivity index (χ3v) is 3.79. The first kappa shape index (κ1) is 17.2. The van der Waals surface area contributed by atoms with Crippen molar-refractivity contribution in [3.8, 4) is 5.75 Å². The highest BCUT2D eigenvalue weighted by atomic mass is 16.5. The Morgan fingerprint density at radius 1 is 0.654 bits per heavy atom. The van der Waals surface area contributed by atoms with E-state index in [-0.39, 0.29) is 11.8 Å². The first-order valence-electron chi connectivity index (χ1n) is 8.07. The van der Waals surface area contributed by atoms with Gasteiger partial charge in [-0.15, -0.1) is 0 Å². The molecule has 0 unspecified atom stereocenters. The number of carbonyl (C=O) groups is 2. The molecule has 3 rings (SSSR count). The molecule has 3 aromatic rings. The number of nitrogens with one attached hydrogen (secondary N) is 2. The minimum Gasteiger partial charge on any atom is -0.497 e. The van der Waals surface area contributed by atoms with E-state index in [0.717, 1.165) is 5.69 Å². The van der Waals surface area contributed by atoms with Crippen molar-refractivity contribution in [1.29, 1.82) is 0 Å². The van der Waals surface area contributed by atoms with Crippen LogP contribution in [0.4, 0.5) is 11.4 Å². The SMILES string of the molecule is COc1ccc(C(=O)Nc2ccc(C(=O)Nc3ccccc3)cc2)cc1. The number of hydrogen-bond acceptors (Lipinski definition) is 3. The lowest BCUT2D eigenvalue weighted by atomic mass is 10.1. The van der Waals surface area contributed by atoms with Gasteiger partial charge < -0.3 is 15.4 Å². The van der Waals surface area contributed by atoms with Gasteiger partial charge in [0.15, 0.2) is 0 Å². The molecule has 3 aromatic carbocycles. The van der Waals surface area contributed by atoms with Crippen molar-refractivity contribution in [2.24, 2.45) is 0 Å². The van der Waals surface area contributed by atoms with Crippen LogP contribution in [-0.2, 0) is 0 Å². The molecular formula is C21H18N2O3. The molecule has 0 aliphatic heterocycles. The molecule has 26 heavy (non-hydrogen) atoms. The van der Waals surface area contributed by atoms with E-state index in [2.05, 4.69) is 10.6 Å². The van der Waals surface area contributed by atoms with E-state index in [1.807, 2.05) is 30.3 Å². The first-order valence-corrected chi connectivity index (χ1v) is 8.07. The smallest absolute Gasteiger partial charge is 0.255 e. The third kappa shape index (κ3) is 4.27. The zero-order valence-corrected chi connectivity index (χ0v) is 14.2. The third-order valence-electron chi connectivity index (χ3n) is 3.79. The molecule has 0 aliphatic carbocycles. The van der Waals surface area contributed by atoms with Crippen LogP contribution in [0, 0.1) is 0 Å². The summed E-state index contributed by atoms with van der Waals surface area (Å²) in [6.07, 6.45) is 0. The van der Waals surface area contributed by atoms with Crippen molar-refractivity contribution in [3.63, 3.8) is 0 Å². The molecule has 5 nitrogen and oxygen atoms in total. The number of methoxy groups -OCH3 is 1. The maximum absolute atomic E-state index is 12.2. The van der Waals surface area contributed by atoms with Crippen LogP contribution in [0.15, 0.2) is 78.9 Å². The molecule has 130 valence electrons. The first-order chi connectivity index (χ1) is 12.7. The Bertz CT molecular complexity index is 889. The zero-order valence-electron chi connectivity index (χ0n) is 14.2. The number of rotatable bonds is 5. The lowest BCUT2D eigenvalue weighted by molar-refractivity contribution is 0.102. The molecule has 0 fully saturated rings. The van der Waals surface area contributed by atoms with Crippen LogP contribution in [0.5, 0.6) is 5.75 Å². The van der Waals surface area contributed by atoms with E-state index in [1.54, 1.807) is 55.6 Å². The number of amides is 2. The van der Waals surface area contributed by atoms with Gasteiger partial charge in [-0.3, -0.25) is 9.59 Å². The fourth-order valence-electron chi connectivity index (χ4n) is 2.38. The summed E-state index contributed by atoms with van der Waals surface area (Å²) in [6.45, 7) is 0. The maximum atomic E-state index is 12.2. The summed E-state index contributed by atoms with van der Waals surface area (Å²) < 4.78 is 5.08. The molecule has 5 heteroatoms. The number of hydrogen-bond donors (Lipinski definition) is 2. The summed E-state index contributed by atoms with van der Waals surface area (Å²) >= 11 is 0. The van der Waals surface area contributed by atoms with E-state index in [1.165, 1.54) is 0 Å². The van der Waals surface area contributed by atoms with Crippen LogP contribution >= 0.6 is 0 Å². The molecule has 0 aliphatic rings. The van der Waals surface area contributed by atoms with E-state index in [4.69, 9.17) is 4.74 Å². The number of carbonyl (C=O) groups excluding carboxylic acids is 2. The van der Waals surface area contributed by atoms with Crippen LogP contribution in [-0.4, -0.2) is 18.9 Å². The predicted molar refractivity (Wildman–Crippen MR) is 102 cm³/mol. The molecule has 2 amide bonds. The Morgan fingerprint density at radius 2 is 1.12 bits per heavy atom. The van der Waals surface area contributed by atoms with Gasteiger partial charge in [-0.2, -0.15) is 0 Å². The average Bonchev–Trinajstić information content (AvgIpc) is 2.69. The Hall–Kier alpha value is -3.60. The molecule has 0 atom stereocenters. The van der Waals surface area contributed by atoms with Crippen LogP contribution in [0.3, 0.4) is 0 Å². The van der Waals surface area contributed by atoms with Crippen molar-refractivity contribution in [1.82, 2.24) is 0 Å². The topological polar surface area (TPSA) is 67.4 Å². The molecule has 0 bridgehead atoms. The van der Waals surface area contributed by atoms with Gasteiger partial charge in [0.05, 0.1) is 7.11 Å². The van der Waals surface area contributed by atoms with Crippen LogP contribution in [0.2, 0.25) is 0 Å². The minimum absolute atomic E-state index is 0.204. The number of anilines is 2. The summed E-state index contributed by atoms with van der Waals surface area (Å²) in [7, 11) is 1.57. The van der Waals surface area contributed by atoms with Gasteiger partial charge in [-0.25, -0.2) is 0 Å². The Morgan fingerprint density at radius 3 is 1.62 bits per heavy atom. The second-order valence-corrected chi connectivity index (χ2v) is 5.58. The highest BCUT2D eigenvalue weighted by Crippen LogP contribution is 2.15. The number of para-hydroxylation sites is 1. The van der Waals surface area contributed by atoms with E-state index < -0.39 is 0 Å². The van der Waals surface area contributed by atoms with Crippen LogP contribution in [0.1, 0.15) is 20.7 Å². The largest absolute Gasteiger partial charge is 0.497 e. The fourth-order valence-corrected chi connectivity index (χ4v) is 2.38. The molecule has 2 N–H and O–H groups in total. The zero-order chi connectivity index (χ0) is 18.4. The van der Waals surface area contributed by atoms with Crippen LogP contribution in [0.25, 0.3) is 0 Å². The average molecular weight is 346 g/mol. The van der Waals surface area contributed by atoms with Crippen molar-refractivity contribution in [2.75, 3.05) is 17.7 Å². The van der Waals surface area contributed by atoms with Crippen molar-refractivity contribution in [2.45, 2.75) is 0 Å². The second kappa shape index (κ2) is 7.98. The monoisotopic (exact) mass is 346 g/mol. The van der Waals surface area contributed by atoms with Crippen molar-refractivity contribution in [3.05, 3.63) is 90.0 Å². The lowest BCUT2D eigenvalue weighted by Gasteiger charge is -2.08. The predicted octanol–water partition coefficient (Wildman–Crippen LogP) is 4.20. The van der Waals surface area contributed by atoms with Gasteiger partial charge in [-0.1, -0.05) is 18.2 Å².